The Morgan fingerprint density at radius 3 is 2.78 bits per heavy atom. The highest BCUT2D eigenvalue weighted by Gasteiger charge is 2.22. The molecule has 5 heteroatoms. The number of hydrogen-bond donors (Lipinski definition) is 0. The lowest BCUT2D eigenvalue weighted by Crippen LogP contribution is -2.14. The van der Waals surface area contributed by atoms with Gasteiger partial charge in [-0.1, -0.05) is 0 Å². The molecule has 3 rings (SSSR count). The van der Waals surface area contributed by atoms with Crippen LogP contribution in [0.3, 0.4) is 0 Å². The van der Waals surface area contributed by atoms with Crippen molar-refractivity contribution in [1.82, 2.24) is 19.7 Å². The summed E-state index contributed by atoms with van der Waals surface area (Å²) < 4.78 is 1.88. The Labute approximate surface area is 105 Å². The van der Waals surface area contributed by atoms with Gasteiger partial charge < -0.3 is 0 Å². The molecular formula is C13H14N4O. The van der Waals surface area contributed by atoms with Crippen molar-refractivity contribution in [2.75, 3.05) is 0 Å². The van der Waals surface area contributed by atoms with E-state index in [9.17, 15) is 4.79 Å². The van der Waals surface area contributed by atoms with Crippen LogP contribution in [0.25, 0.3) is 5.95 Å². The number of nitrogens with zero attached hydrogens (tertiary/aromatic N) is 4. The molecule has 92 valence electrons. The Morgan fingerprint density at radius 1 is 1.17 bits per heavy atom. The van der Waals surface area contributed by atoms with E-state index >= 15 is 0 Å². The standard InChI is InChI=1S/C13H14N4O/c1-8-9(2)15-16-13(14-8)17-7-6-10-11(17)4-3-5-12(10)18/h6-7H,3-5H2,1-2H3. The third kappa shape index (κ3) is 1.63. The molecule has 2 aromatic rings. The summed E-state index contributed by atoms with van der Waals surface area (Å²) in [7, 11) is 0. The van der Waals surface area contributed by atoms with Crippen LogP contribution in [0.1, 0.15) is 40.3 Å². The maximum atomic E-state index is 11.8. The minimum absolute atomic E-state index is 0.215. The Morgan fingerprint density at radius 2 is 2.00 bits per heavy atom. The lowest BCUT2D eigenvalue weighted by atomic mass is 9.97. The largest absolute Gasteiger partial charge is 0.294 e. The van der Waals surface area contributed by atoms with Crippen LogP contribution < -0.4 is 0 Å². The summed E-state index contributed by atoms with van der Waals surface area (Å²) in [6, 6.07) is 1.86. The number of rotatable bonds is 1. The molecule has 0 bridgehead atoms. The normalized spacial score (nSPS) is 14.7. The van der Waals surface area contributed by atoms with Gasteiger partial charge in [-0.3, -0.25) is 9.36 Å². The molecule has 5 nitrogen and oxygen atoms in total. The highest BCUT2D eigenvalue weighted by atomic mass is 16.1. The van der Waals surface area contributed by atoms with E-state index in [4.69, 9.17) is 0 Å². The number of carbonyl (C=O) groups is 1. The molecule has 0 aliphatic heterocycles. The third-order valence-electron chi connectivity index (χ3n) is 3.41. The molecule has 0 aromatic carbocycles. The van der Waals surface area contributed by atoms with E-state index in [0.29, 0.717) is 12.4 Å². The van der Waals surface area contributed by atoms with Crippen LogP contribution in [0.15, 0.2) is 12.3 Å². The molecule has 0 N–H and O–H groups in total. The molecule has 0 atom stereocenters. The molecule has 0 fully saturated rings. The second kappa shape index (κ2) is 4.01. The fourth-order valence-corrected chi connectivity index (χ4v) is 2.26. The quantitative estimate of drug-likeness (QED) is 0.765. The summed E-state index contributed by atoms with van der Waals surface area (Å²) in [6.07, 6.45) is 4.29. The van der Waals surface area contributed by atoms with Crippen LogP contribution >= 0.6 is 0 Å². The summed E-state index contributed by atoms with van der Waals surface area (Å²) in [5, 5.41) is 8.19. The maximum absolute atomic E-state index is 11.8. The summed E-state index contributed by atoms with van der Waals surface area (Å²) in [6.45, 7) is 3.79. The zero-order valence-corrected chi connectivity index (χ0v) is 10.5. The van der Waals surface area contributed by atoms with Crippen molar-refractivity contribution in [2.45, 2.75) is 33.1 Å². The predicted molar refractivity (Wildman–Crippen MR) is 65.9 cm³/mol. The Hall–Kier alpha value is -2.04. The smallest absolute Gasteiger partial charge is 0.253 e. The molecule has 1 aliphatic rings. The third-order valence-corrected chi connectivity index (χ3v) is 3.41. The molecule has 0 saturated heterocycles. The number of Topliss-reactive ketones (excluding diaryl/α,β-unsaturated/α-hetero) is 1. The van der Waals surface area contributed by atoms with Crippen LogP contribution in [0.2, 0.25) is 0 Å². The number of carbonyl (C=O) groups excluding carboxylic acids is 1. The first kappa shape index (κ1) is 11.1. The minimum atomic E-state index is 0.215. The molecule has 1 aliphatic carbocycles. The SMILES string of the molecule is Cc1nnc(-n2ccc3c2CCCC3=O)nc1C. The average molecular weight is 242 g/mol. The summed E-state index contributed by atoms with van der Waals surface area (Å²) in [4.78, 5) is 16.2. The molecule has 0 saturated carbocycles. The predicted octanol–water partition coefficient (Wildman–Crippen LogP) is 1.80. The molecule has 0 unspecified atom stereocenters. The van der Waals surface area contributed by atoms with Crippen molar-refractivity contribution in [3.05, 3.63) is 34.9 Å². The maximum Gasteiger partial charge on any atom is 0.253 e. The molecule has 0 amide bonds. The summed E-state index contributed by atoms with van der Waals surface area (Å²) >= 11 is 0. The first-order chi connectivity index (χ1) is 8.66. The first-order valence-electron chi connectivity index (χ1n) is 6.08. The van der Waals surface area contributed by atoms with E-state index < -0.39 is 0 Å². The molecule has 2 heterocycles. The van der Waals surface area contributed by atoms with Gasteiger partial charge in [0.05, 0.1) is 11.4 Å². The molecular weight excluding hydrogens is 228 g/mol. The van der Waals surface area contributed by atoms with Gasteiger partial charge in [0.2, 0.25) is 0 Å². The second-order valence-corrected chi connectivity index (χ2v) is 4.61. The van der Waals surface area contributed by atoms with Crippen LogP contribution in [0.4, 0.5) is 0 Å². The van der Waals surface area contributed by atoms with E-state index in [2.05, 4.69) is 15.2 Å². The fourth-order valence-electron chi connectivity index (χ4n) is 2.26. The second-order valence-electron chi connectivity index (χ2n) is 4.61. The van der Waals surface area contributed by atoms with E-state index in [0.717, 1.165) is 35.5 Å². The molecule has 0 spiro atoms. The zero-order valence-electron chi connectivity index (χ0n) is 10.5. The van der Waals surface area contributed by atoms with Gasteiger partial charge in [0.15, 0.2) is 5.78 Å². The van der Waals surface area contributed by atoms with Crippen molar-refractivity contribution < 1.29 is 4.79 Å². The van der Waals surface area contributed by atoms with Gasteiger partial charge in [-0.05, 0) is 32.8 Å². The van der Waals surface area contributed by atoms with Gasteiger partial charge >= 0.3 is 0 Å². The van der Waals surface area contributed by atoms with E-state index in [1.54, 1.807) is 0 Å². The number of aromatic nitrogens is 4. The first-order valence-corrected chi connectivity index (χ1v) is 6.08. The highest BCUT2D eigenvalue weighted by Crippen LogP contribution is 2.23. The minimum Gasteiger partial charge on any atom is -0.294 e. The van der Waals surface area contributed by atoms with Crippen molar-refractivity contribution in [3.63, 3.8) is 0 Å². The van der Waals surface area contributed by atoms with E-state index in [1.165, 1.54) is 0 Å². The lowest BCUT2D eigenvalue weighted by Gasteiger charge is -2.13. The van der Waals surface area contributed by atoms with Crippen molar-refractivity contribution in [3.8, 4) is 5.95 Å². The number of fused-ring (bicyclic) bond motifs is 1. The van der Waals surface area contributed by atoms with Crippen molar-refractivity contribution >= 4 is 5.78 Å². The Kier molecular flexibility index (Phi) is 2.47. The van der Waals surface area contributed by atoms with Crippen LogP contribution in [0, 0.1) is 13.8 Å². The Bertz CT molecular complexity index is 630. The topological polar surface area (TPSA) is 60.7 Å². The monoisotopic (exact) mass is 242 g/mol. The molecule has 0 radical (unpaired) electrons. The average Bonchev–Trinajstić information content (AvgIpc) is 2.78. The summed E-state index contributed by atoms with van der Waals surface area (Å²) in [5.74, 6) is 0.765. The number of ketones is 1. The highest BCUT2D eigenvalue weighted by molar-refractivity contribution is 5.98. The van der Waals surface area contributed by atoms with Crippen molar-refractivity contribution in [2.24, 2.45) is 0 Å². The van der Waals surface area contributed by atoms with E-state index in [1.807, 2.05) is 30.7 Å². The van der Waals surface area contributed by atoms with Gasteiger partial charge in [-0.15, -0.1) is 5.10 Å². The van der Waals surface area contributed by atoms with Gasteiger partial charge in [0.1, 0.15) is 0 Å². The lowest BCUT2D eigenvalue weighted by molar-refractivity contribution is 0.0972. The van der Waals surface area contributed by atoms with Gasteiger partial charge in [-0.2, -0.15) is 5.10 Å². The molecule has 2 aromatic heterocycles. The number of hydrogen-bond acceptors (Lipinski definition) is 4. The van der Waals surface area contributed by atoms with Gasteiger partial charge in [0, 0.05) is 23.9 Å². The Balaban J connectivity index is 2.12. The van der Waals surface area contributed by atoms with Gasteiger partial charge in [-0.25, -0.2) is 4.98 Å². The van der Waals surface area contributed by atoms with E-state index in [-0.39, 0.29) is 5.78 Å². The molecule has 18 heavy (non-hydrogen) atoms. The van der Waals surface area contributed by atoms with Crippen LogP contribution in [-0.2, 0) is 6.42 Å². The summed E-state index contributed by atoms with van der Waals surface area (Å²) in [5.41, 5.74) is 3.51. The van der Waals surface area contributed by atoms with Gasteiger partial charge in [0.25, 0.3) is 5.95 Å². The van der Waals surface area contributed by atoms with Crippen LogP contribution in [0.5, 0.6) is 0 Å². The number of aryl methyl sites for hydroxylation is 2. The van der Waals surface area contributed by atoms with Crippen LogP contribution in [-0.4, -0.2) is 25.5 Å². The van der Waals surface area contributed by atoms with Crippen molar-refractivity contribution in [1.29, 1.82) is 0 Å². The zero-order chi connectivity index (χ0) is 12.7. The fraction of sp³-hybridized carbons (Fsp3) is 0.385.